The van der Waals surface area contributed by atoms with Crippen molar-refractivity contribution in [3.8, 4) is 11.5 Å². The lowest BCUT2D eigenvalue weighted by molar-refractivity contribution is -0.124. The molecule has 0 saturated heterocycles. The number of anilines is 1. The smallest absolute Gasteiger partial charge is 0.258 e. The molecule has 8 heteroatoms. The topological polar surface area (TPSA) is 108 Å². The van der Waals surface area contributed by atoms with Gasteiger partial charge in [0.2, 0.25) is 10.0 Å². The third-order valence-corrected chi connectivity index (χ3v) is 3.01. The van der Waals surface area contributed by atoms with Crippen LogP contribution >= 0.6 is 0 Å². The maximum Gasteiger partial charge on any atom is 0.258 e. The second kappa shape index (κ2) is 4.96. The summed E-state index contributed by atoms with van der Waals surface area (Å²) in [5.41, 5.74) is 5.41. The third-order valence-electron chi connectivity index (χ3n) is 2.42. The zero-order valence-corrected chi connectivity index (χ0v) is 11.0. The van der Waals surface area contributed by atoms with E-state index in [1.807, 2.05) is 0 Å². The Morgan fingerprint density at radius 2 is 2.26 bits per heavy atom. The van der Waals surface area contributed by atoms with E-state index in [0.717, 1.165) is 6.26 Å². The van der Waals surface area contributed by atoms with Crippen LogP contribution in [-0.4, -0.2) is 33.3 Å². The second-order valence-electron chi connectivity index (χ2n) is 4.08. The van der Waals surface area contributed by atoms with Gasteiger partial charge in [-0.25, -0.2) is 8.42 Å². The summed E-state index contributed by atoms with van der Waals surface area (Å²) in [6.45, 7) is 0.197. The third kappa shape index (κ3) is 3.28. The van der Waals surface area contributed by atoms with Crippen LogP contribution < -0.4 is 19.9 Å². The molecule has 1 aliphatic heterocycles. The molecule has 1 atom stereocenters. The molecule has 19 heavy (non-hydrogen) atoms. The van der Waals surface area contributed by atoms with E-state index >= 15 is 0 Å². The van der Waals surface area contributed by atoms with Crippen molar-refractivity contribution in [3.63, 3.8) is 0 Å². The Balaban J connectivity index is 2.37. The summed E-state index contributed by atoms with van der Waals surface area (Å²) in [6.07, 6.45) is 0.515. The summed E-state index contributed by atoms with van der Waals surface area (Å²) >= 11 is 0. The molecule has 103 valence electrons. The van der Waals surface area contributed by atoms with Crippen molar-refractivity contribution in [2.45, 2.75) is 12.5 Å². The Hall–Kier alpha value is -1.96. The molecular weight excluding hydrogens is 272 g/mol. The number of sulfonamides is 1. The number of ether oxygens (including phenoxy) is 2. The summed E-state index contributed by atoms with van der Waals surface area (Å²) in [5, 5.41) is 0. The number of benzene rings is 1. The fraction of sp³-hybridized carbons (Fsp3) is 0.364. The van der Waals surface area contributed by atoms with E-state index in [9.17, 15) is 13.2 Å². The van der Waals surface area contributed by atoms with Crippen LogP contribution in [0.2, 0.25) is 0 Å². The number of nitrogens with one attached hydrogen (secondary N) is 1. The molecule has 0 saturated carbocycles. The van der Waals surface area contributed by atoms with Gasteiger partial charge >= 0.3 is 0 Å². The number of rotatable bonds is 3. The minimum absolute atomic E-state index is 0.197. The van der Waals surface area contributed by atoms with Crippen LogP contribution in [0, 0.1) is 6.07 Å². The van der Waals surface area contributed by atoms with Crippen molar-refractivity contribution in [2.75, 3.05) is 17.6 Å². The van der Waals surface area contributed by atoms with E-state index < -0.39 is 22.0 Å². The standard InChI is InChI=1S/C11H13N2O5S/c1-19(15,16)13-7-3-2-4-8-10(7)17-6-5-9(18-8)11(12)14/h3-4,9,13H,5-6H2,1H3,(H2,12,14). The first-order valence-corrected chi connectivity index (χ1v) is 7.36. The molecule has 1 aliphatic rings. The van der Waals surface area contributed by atoms with Crippen LogP contribution in [0.4, 0.5) is 5.69 Å². The van der Waals surface area contributed by atoms with Gasteiger partial charge in [0.05, 0.1) is 18.6 Å². The second-order valence-corrected chi connectivity index (χ2v) is 5.83. The first-order chi connectivity index (χ1) is 8.87. The molecule has 1 aromatic rings. The summed E-state index contributed by atoms with van der Waals surface area (Å²) in [5.74, 6) is -0.138. The van der Waals surface area contributed by atoms with E-state index in [1.165, 1.54) is 12.1 Å². The maximum atomic E-state index is 11.2. The minimum Gasteiger partial charge on any atom is -0.487 e. The molecule has 1 radical (unpaired) electrons. The number of nitrogens with two attached hydrogens (primary N) is 1. The monoisotopic (exact) mass is 285 g/mol. The highest BCUT2D eigenvalue weighted by atomic mass is 32.2. The molecule has 3 N–H and O–H groups in total. The Kier molecular flexibility index (Phi) is 3.52. The number of fused-ring (bicyclic) bond motifs is 1. The van der Waals surface area contributed by atoms with Crippen LogP contribution in [0.25, 0.3) is 0 Å². The molecule has 0 fully saturated rings. The number of carbonyl (C=O) groups is 1. The van der Waals surface area contributed by atoms with Crippen LogP contribution in [-0.2, 0) is 14.8 Å². The van der Waals surface area contributed by atoms with Crippen molar-refractivity contribution in [1.29, 1.82) is 0 Å². The number of primary amides is 1. The highest BCUT2D eigenvalue weighted by Gasteiger charge is 2.25. The summed E-state index contributed by atoms with van der Waals surface area (Å²) in [4.78, 5) is 11.2. The zero-order valence-electron chi connectivity index (χ0n) is 10.2. The molecule has 0 spiro atoms. The lowest BCUT2D eigenvalue weighted by Gasteiger charge is -2.14. The molecule has 2 rings (SSSR count). The lowest BCUT2D eigenvalue weighted by atomic mass is 10.2. The Morgan fingerprint density at radius 3 is 2.89 bits per heavy atom. The predicted octanol–water partition coefficient (Wildman–Crippen LogP) is -0.127. The largest absolute Gasteiger partial charge is 0.487 e. The molecule has 7 nitrogen and oxygen atoms in total. The fourth-order valence-corrected chi connectivity index (χ4v) is 2.21. The van der Waals surface area contributed by atoms with E-state index in [4.69, 9.17) is 15.2 Å². The van der Waals surface area contributed by atoms with Gasteiger partial charge in [-0.1, -0.05) is 0 Å². The molecule has 1 heterocycles. The van der Waals surface area contributed by atoms with Crippen LogP contribution in [0.5, 0.6) is 11.5 Å². The Labute approximate surface area is 110 Å². The van der Waals surface area contributed by atoms with Crippen LogP contribution in [0.1, 0.15) is 6.42 Å². The molecule has 0 aromatic heterocycles. The van der Waals surface area contributed by atoms with E-state index in [2.05, 4.69) is 10.8 Å². The van der Waals surface area contributed by atoms with Gasteiger partial charge in [0, 0.05) is 6.42 Å². The average Bonchev–Trinajstić information content (AvgIpc) is 2.49. The van der Waals surface area contributed by atoms with Gasteiger partial charge < -0.3 is 15.2 Å². The van der Waals surface area contributed by atoms with Crippen molar-refractivity contribution in [1.82, 2.24) is 0 Å². The summed E-state index contributed by atoms with van der Waals surface area (Å²) < 4.78 is 35.6. The lowest BCUT2D eigenvalue weighted by Crippen LogP contribution is -2.33. The molecular formula is C11H13N2O5S. The van der Waals surface area contributed by atoms with Gasteiger partial charge in [0.15, 0.2) is 17.6 Å². The van der Waals surface area contributed by atoms with E-state index in [-0.39, 0.29) is 23.8 Å². The number of hydrogen-bond acceptors (Lipinski definition) is 5. The minimum atomic E-state index is -3.45. The molecule has 1 amide bonds. The average molecular weight is 285 g/mol. The molecule has 0 bridgehead atoms. The maximum absolute atomic E-state index is 11.2. The molecule has 1 unspecified atom stereocenters. The van der Waals surface area contributed by atoms with Crippen molar-refractivity contribution < 1.29 is 22.7 Å². The Bertz CT molecular complexity index is 599. The van der Waals surface area contributed by atoms with Crippen LogP contribution in [0.3, 0.4) is 0 Å². The van der Waals surface area contributed by atoms with Crippen LogP contribution in [0.15, 0.2) is 12.1 Å². The van der Waals surface area contributed by atoms with Gasteiger partial charge in [-0.2, -0.15) is 0 Å². The zero-order chi connectivity index (χ0) is 14.0. The predicted molar refractivity (Wildman–Crippen MR) is 67.5 cm³/mol. The highest BCUT2D eigenvalue weighted by molar-refractivity contribution is 7.92. The SMILES string of the molecule is CS(=O)(=O)Nc1c[c]cc2c1OCCC(C(N)=O)O2. The van der Waals surface area contributed by atoms with Gasteiger partial charge in [-0.15, -0.1) is 0 Å². The number of amides is 1. The van der Waals surface area contributed by atoms with Crippen molar-refractivity contribution in [3.05, 3.63) is 18.2 Å². The van der Waals surface area contributed by atoms with Crippen molar-refractivity contribution in [2.24, 2.45) is 5.73 Å². The summed E-state index contributed by atoms with van der Waals surface area (Å²) in [6, 6.07) is 5.60. The number of carbonyl (C=O) groups excluding carboxylic acids is 1. The highest BCUT2D eigenvalue weighted by Crippen LogP contribution is 2.38. The fourth-order valence-electron chi connectivity index (χ4n) is 1.66. The van der Waals surface area contributed by atoms with Gasteiger partial charge in [0.25, 0.3) is 5.91 Å². The van der Waals surface area contributed by atoms with Gasteiger partial charge in [0.1, 0.15) is 0 Å². The van der Waals surface area contributed by atoms with Gasteiger partial charge in [-0.3, -0.25) is 9.52 Å². The van der Waals surface area contributed by atoms with Gasteiger partial charge in [-0.05, 0) is 18.2 Å². The number of hydrogen-bond donors (Lipinski definition) is 2. The van der Waals surface area contributed by atoms with E-state index in [0.29, 0.717) is 6.42 Å². The van der Waals surface area contributed by atoms with E-state index in [1.54, 1.807) is 0 Å². The Morgan fingerprint density at radius 1 is 1.53 bits per heavy atom. The molecule has 1 aromatic carbocycles. The first kappa shape index (κ1) is 13.5. The first-order valence-electron chi connectivity index (χ1n) is 5.47. The van der Waals surface area contributed by atoms with Crippen molar-refractivity contribution >= 4 is 21.6 Å². The quantitative estimate of drug-likeness (QED) is 0.804. The summed E-state index contributed by atoms with van der Waals surface area (Å²) in [7, 11) is -3.45. The normalized spacial score (nSPS) is 18.5. The molecule has 0 aliphatic carbocycles.